The fourth-order valence-corrected chi connectivity index (χ4v) is 5.28. The lowest BCUT2D eigenvalue weighted by Crippen LogP contribution is -2.46. The lowest BCUT2D eigenvalue weighted by atomic mass is 9.89. The molecule has 5 aromatic rings. The van der Waals surface area contributed by atoms with E-state index in [1.807, 2.05) is 78.9 Å². The number of halogens is 2. The Kier molecular flexibility index (Phi) is 5.99. The molecule has 0 fully saturated rings. The first-order valence-corrected chi connectivity index (χ1v) is 12.7. The number of rotatable bonds is 6. The summed E-state index contributed by atoms with van der Waals surface area (Å²) in [4.78, 5) is 2.08. The van der Waals surface area contributed by atoms with Crippen LogP contribution in [0.4, 0.5) is 20.2 Å². The van der Waals surface area contributed by atoms with Crippen molar-refractivity contribution >= 4 is 22.1 Å². The number of fused-ring (bicyclic) bond motifs is 2. The zero-order chi connectivity index (χ0) is 26.3. The summed E-state index contributed by atoms with van der Waals surface area (Å²) in [6.45, 7) is 0.383. The Labute approximate surface area is 221 Å². The fraction of sp³-hybridized carbons (Fsp3) is 0.152. The van der Waals surface area contributed by atoms with E-state index in [0.29, 0.717) is 30.2 Å². The van der Waals surface area contributed by atoms with Gasteiger partial charge in [-0.15, -0.1) is 0 Å². The van der Waals surface area contributed by atoms with Gasteiger partial charge in [0.2, 0.25) is 0 Å². The second-order valence-corrected chi connectivity index (χ2v) is 9.73. The van der Waals surface area contributed by atoms with Gasteiger partial charge in [-0.05, 0) is 57.8 Å². The third-order valence-corrected chi connectivity index (χ3v) is 7.34. The number of hydrogen-bond donors (Lipinski definition) is 0. The Morgan fingerprint density at radius 1 is 0.658 bits per heavy atom. The highest BCUT2D eigenvalue weighted by Crippen LogP contribution is 2.50. The van der Waals surface area contributed by atoms with E-state index in [4.69, 9.17) is 4.74 Å². The van der Waals surface area contributed by atoms with E-state index >= 15 is 8.78 Å². The van der Waals surface area contributed by atoms with Crippen molar-refractivity contribution < 1.29 is 13.5 Å². The molecule has 1 heterocycles. The molecule has 0 saturated carbocycles. The monoisotopic (exact) mass is 506 g/mol. The van der Waals surface area contributed by atoms with E-state index in [1.54, 1.807) is 0 Å². The van der Waals surface area contributed by atoms with E-state index in [1.165, 1.54) is 19.7 Å². The first kappa shape index (κ1) is 24.0. The summed E-state index contributed by atoms with van der Waals surface area (Å²) in [5.74, 6) is 0.684. The van der Waals surface area contributed by atoms with Gasteiger partial charge in [-0.3, -0.25) is 9.80 Å². The van der Waals surface area contributed by atoms with E-state index in [-0.39, 0.29) is 0 Å². The van der Waals surface area contributed by atoms with E-state index in [9.17, 15) is 0 Å². The predicted octanol–water partition coefficient (Wildman–Crippen LogP) is 8.11. The number of anilines is 2. The van der Waals surface area contributed by atoms with Gasteiger partial charge >= 0.3 is 6.17 Å². The van der Waals surface area contributed by atoms with Crippen molar-refractivity contribution in [2.24, 2.45) is 0 Å². The van der Waals surface area contributed by atoms with Gasteiger partial charge in [-0.2, -0.15) is 8.78 Å². The molecular formula is C33H28F2N2O. The topological polar surface area (TPSA) is 15.7 Å². The van der Waals surface area contributed by atoms with Gasteiger partial charge in [0, 0.05) is 19.5 Å². The average Bonchev–Trinajstić information content (AvgIpc) is 3.11. The minimum Gasteiger partial charge on any atom is -0.488 e. The number of nitrogens with zero attached hydrogens (tertiary/aromatic N) is 2. The van der Waals surface area contributed by atoms with Crippen LogP contribution in [0.1, 0.15) is 16.7 Å². The average molecular weight is 507 g/mol. The molecule has 5 aromatic carbocycles. The van der Waals surface area contributed by atoms with Crippen LogP contribution < -0.4 is 14.5 Å². The lowest BCUT2D eigenvalue weighted by molar-refractivity contribution is 0.0122. The Bertz CT molecular complexity index is 1590. The summed E-state index contributed by atoms with van der Waals surface area (Å²) >= 11 is 0. The maximum absolute atomic E-state index is 15.1. The molecule has 0 unspecified atom stereocenters. The molecule has 0 aliphatic carbocycles. The van der Waals surface area contributed by atoms with Crippen LogP contribution in [0.3, 0.4) is 0 Å². The van der Waals surface area contributed by atoms with Crippen LogP contribution in [0.5, 0.6) is 5.75 Å². The van der Waals surface area contributed by atoms with Crippen molar-refractivity contribution in [1.29, 1.82) is 0 Å². The summed E-state index contributed by atoms with van der Waals surface area (Å²) in [6.07, 6.45) is -2.43. The van der Waals surface area contributed by atoms with Crippen molar-refractivity contribution in [3.8, 4) is 16.9 Å². The minimum atomic E-state index is -3.12. The summed E-state index contributed by atoms with van der Waals surface area (Å²) in [5, 5.41) is 1.71. The molecule has 0 spiro atoms. The Hall–Kier alpha value is -4.38. The van der Waals surface area contributed by atoms with Crippen molar-refractivity contribution in [2.45, 2.75) is 19.2 Å². The van der Waals surface area contributed by atoms with Crippen LogP contribution in [0.2, 0.25) is 0 Å². The van der Waals surface area contributed by atoms with Crippen LogP contribution in [0.15, 0.2) is 109 Å². The van der Waals surface area contributed by atoms with Gasteiger partial charge in [0.05, 0.1) is 11.4 Å². The molecule has 38 heavy (non-hydrogen) atoms. The first-order chi connectivity index (χ1) is 18.4. The number of hydrogen-bond acceptors (Lipinski definition) is 3. The third-order valence-electron chi connectivity index (χ3n) is 7.34. The summed E-state index contributed by atoms with van der Waals surface area (Å²) in [7, 11) is 2.87. The largest absolute Gasteiger partial charge is 0.488 e. The van der Waals surface area contributed by atoms with E-state index in [0.717, 1.165) is 42.8 Å². The molecule has 0 bridgehead atoms. The Morgan fingerprint density at radius 3 is 1.79 bits per heavy atom. The van der Waals surface area contributed by atoms with E-state index in [2.05, 4.69) is 30.3 Å². The van der Waals surface area contributed by atoms with Crippen LogP contribution in [-0.4, -0.2) is 20.3 Å². The van der Waals surface area contributed by atoms with Gasteiger partial charge in [-0.1, -0.05) is 91.0 Å². The van der Waals surface area contributed by atoms with Crippen LogP contribution in [0.25, 0.3) is 21.9 Å². The molecule has 1 aliphatic rings. The highest BCUT2D eigenvalue weighted by atomic mass is 19.3. The maximum Gasteiger partial charge on any atom is 0.413 e. The zero-order valence-electron chi connectivity index (χ0n) is 21.4. The van der Waals surface area contributed by atoms with Gasteiger partial charge in [0.15, 0.2) is 0 Å². The molecule has 3 nitrogen and oxygen atoms in total. The van der Waals surface area contributed by atoms with Crippen molar-refractivity contribution in [3.63, 3.8) is 0 Å². The molecule has 0 aromatic heterocycles. The molecule has 0 atom stereocenters. The predicted molar refractivity (Wildman–Crippen MR) is 151 cm³/mol. The quantitative estimate of drug-likeness (QED) is 0.216. The lowest BCUT2D eigenvalue weighted by Gasteiger charge is -2.26. The normalized spacial score (nSPS) is 14.1. The van der Waals surface area contributed by atoms with Gasteiger partial charge in [-0.25, -0.2) is 0 Å². The van der Waals surface area contributed by atoms with Gasteiger partial charge < -0.3 is 4.74 Å². The molecule has 190 valence electrons. The Balaban J connectivity index is 1.60. The zero-order valence-corrected chi connectivity index (χ0v) is 21.4. The summed E-state index contributed by atoms with van der Waals surface area (Å²) in [5.41, 5.74) is 6.34. The van der Waals surface area contributed by atoms with Crippen molar-refractivity contribution in [3.05, 3.63) is 126 Å². The number of ether oxygens (including phenoxy) is 1. The first-order valence-electron chi connectivity index (χ1n) is 12.7. The smallest absolute Gasteiger partial charge is 0.413 e. The second-order valence-electron chi connectivity index (χ2n) is 9.73. The molecule has 1 aliphatic heterocycles. The summed E-state index contributed by atoms with van der Waals surface area (Å²) < 4.78 is 36.5. The van der Waals surface area contributed by atoms with Gasteiger partial charge in [0.1, 0.15) is 12.4 Å². The van der Waals surface area contributed by atoms with Crippen LogP contribution in [0, 0.1) is 0 Å². The molecule has 0 N–H and O–H groups in total. The highest BCUT2D eigenvalue weighted by molar-refractivity contribution is 6.07. The van der Waals surface area contributed by atoms with Crippen LogP contribution in [-0.2, 0) is 13.0 Å². The fourth-order valence-electron chi connectivity index (χ4n) is 5.28. The molecule has 0 radical (unpaired) electrons. The van der Waals surface area contributed by atoms with Crippen molar-refractivity contribution in [1.82, 2.24) is 0 Å². The third kappa shape index (κ3) is 4.14. The molecule has 6 rings (SSSR count). The molecular weight excluding hydrogens is 478 g/mol. The van der Waals surface area contributed by atoms with Crippen LogP contribution >= 0.6 is 0 Å². The van der Waals surface area contributed by atoms with Gasteiger partial charge in [0.25, 0.3) is 0 Å². The van der Waals surface area contributed by atoms with Crippen molar-refractivity contribution in [2.75, 3.05) is 23.9 Å². The number of benzene rings is 5. The molecule has 5 heteroatoms. The standard InChI is InChI=1S/C33H28F2N2O/c1-36-29-20-27-28(21-30(29)37(2)33(36,34)35)32(25-16-10-5-11-17-25)26(18-23-12-6-3-7-13-23)19-31(27)38-22-24-14-8-4-9-15-24/h3-17,19-21H,18,22H2,1-2H3. The SMILES string of the molecule is CN1c2cc3c(OCc4ccccc4)cc(Cc4ccccc4)c(-c4ccccc4)c3cc2N(C)C1(F)F. The second kappa shape index (κ2) is 9.49. The van der Waals surface area contributed by atoms with E-state index < -0.39 is 6.17 Å². The molecule has 0 saturated heterocycles. The Morgan fingerprint density at radius 2 is 1.18 bits per heavy atom. The summed E-state index contributed by atoms with van der Waals surface area (Å²) in [6, 6.07) is 36.2. The minimum absolute atomic E-state index is 0.383. The molecule has 0 amide bonds. The highest BCUT2D eigenvalue weighted by Gasteiger charge is 2.48. The number of alkyl halides is 2. The maximum atomic E-state index is 15.1.